The molecule has 0 bridgehead atoms. The van der Waals surface area contributed by atoms with Gasteiger partial charge in [-0.15, -0.1) is 0 Å². The standard InChI is InChI=1S/C16H15NO5/c17-15(9-1-3-11-13(5-9)21-7-19-11)16(18)10-2-4-12-14(6-10)22-8-20-12/h1-6,15-16,18H,7-8,17H2/t15-,16-/m0/s1. The summed E-state index contributed by atoms with van der Waals surface area (Å²) < 4.78 is 21.2. The number of aliphatic hydroxyl groups is 1. The number of hydrogen-bond acceptors (Lipinski definition) is 6. The molecule has 114 valence electrons. The Labute approximate surface area is 127 Å². The van der Waals surface area contributed by atoms with Gasteiger partial charge in [0.15, 0.2) is 23.0 Å². The molecule has 0 unspecified atom stereocenters. The van der Waals surface area contributed by atoms with Gasteiger partial charge in [-0.05, 0) is 35.4 Å². The molecule has 0 amide bonds. The topological polar surface area (TPSA) is 83.2 Å². The molecule has 2 atom stereocenters. The van der Waals surface area contributed by atoms with Crippen LogP contribution in [0.25, 0.3) is 0 Å². The largest absolute Gasteiger partial charge is 0.454 e. The zero-order chi connectivity index (χ0) is 15.1. The molecule has 2 aromatic rings. The average molecular weight is 301 g/mol. The fraction of sp³-hybridized carbons (Fsp3) is 0.250. The van der Waals surface area contributed by atoms with E-state index in [9.17, 15) is 5.11 Å². The minimum atomic E-state index is -0.866. The second-order valence-electron chi connectivity index (χ2n) is 5.20. The van der Waals surface area contributed by atoms with Crippen LogP contribution in [0.4, 0.5) is 0 Å². The van der Waals surface area contributed by atoms with E-state index in [1.807, 2.05) is 6.07 Å². The highest BCUT2D eigenvalue weighted by Gasteiger charge is 2.24. The van der Waals surface area contributed by atoms with Crippen molar-refractivity contribution in [3.63, 3.8) is 0 Å². The van der Waals surface area contributed by atoms with Crippen LogP contribution in [0.5, 0.6) is 23.0 Å². The normalized spacial score (nSPS) is 17.4. The summed E-state index contributed by atoms with van der Waals surface area (Å²) >= 11 is 0. The van der Waals surface area contributed by atoms with Gasteiger partial charge in [0, 0.05) is 0 Å². The number of nitrogens with two attached hydrogens (primary N) is 1. The lowest BCUT2D eigenvalue weighted by molar-refractivity contribution is 0.146. The van der Waals surface area contributed by atoms with Gasteiger partial charge in [0.25, 0.3) is 0 Å². The van der Waals surface area contributed by atoms with E-state index in [-0.39, 0.29) is 13.6 Å². The molecular formula is C16H15NO5. The third-order valence-corrected chi connectivity index (χ3v) is 3.86. The molecule has 0 fully saturated rings. The van der Waals surface area contributed by atoms with Crippen molar-refractivity contribution in [3.05, 3.63) is 47.5 Å². The molecule has 2 aromatic carbocycles. The maximum atomic E-state index is 10.5. The summed E-state index contributed by atoms with van der Waals surface area (Å²) in [6.45, 7) is 0.405. The molecule has 3 N–H and O–H groups in total. The Morgan fingerprint density at radius 3 is 1.91 bits per heavy atom. The number of ether oxygens (including phenoxy) is 4. The van der Waals surface area contributed by atoms with Gasteiger partial charge in [-0.1, -0.05) is 12.1 Å². The van der Waals surface area contributed by atoms with Crippen molar-refractivity contribution in [2.45, 2.75) is 12.1 Å². The lowest BCUT2D eigenvalue weighted by Crippen LogP contribution is -2.19. The van der Waals surface area contributed by atoms with Crippen molar-refractivity contribution in [1.29, 1.82) is 0 Å². The van der Waals surface area contributed by atoms with E-state index in [1.165, 1.54) is 0 Å². The Balaban J connectivity index is 1.60. The minimum absolute atomic E-state index is 0.198. The molecule has 0 saturated heterocycles. The van der Waals surface area contributed by atoms with Gasteiger partial charge in [-0.2, -0.15) is 0 Å². The van der Waals surface area contributed by atoms with Crippen molar-refractivity contribution in [1.82, 2.24) is 0 Å². The molecule has 0 saturated carbocycles. The van der Waals surface area contributed by atoms with Gasteiger partial charge in [0.1, 0.15) is 0 Å². The van der Waals surface area contributed by atoms with E-state index in [0.717, 1.165) is 5.56 Å². The molecule has 6 nitrogen and oxygen atoms in total. The lowest BCUT2D eigenvalue weighted by Gasteiger charge is -2.20. The molecule has 0 spiro atoms. The van der Waals surface area contributed by atoms with Crippen LogP contribution in [0.3, 0.4) is 0 Å². The first-order valence-electron chi connectivity index (χ1n) is 6.95. The third-order valence-electron chi connectivity index (χ3n) is 3.86. The van der Waals surface area contributed by atoms with Gasteiger partial charge in [0.2, 0.25) is 13.6 Å². The minimum Gasteiger partial charge on any atom is -0.454 e. The van der Waals surface area contributed by atoms with Crippen LogP contribution in [-0.4, -0.2) is 18.7 Å². The summed E-state index contributed by atoms with van der Waals surface area (Å²) in [5.74, 6) is 2.63. The monoisotopic (exact) mass is 301 g/mol. The van der Waals surface area contributed by atoms with Gasteiger partial charge in [0.05, 0.1) is 12.1 Å². The smallest absolute Gasteiger partial charge is 0.231 e. The number of hydrogen-bond donors (Lipinski definition) is 2. The van der Waals surface area contributed by atoms with E-state index >= 15 is 0 Å². The number of rotatable bonds is 3. The maximum absolute atomic E-state index is 10.5. The quantitative estimate of drug-likeness (QED) is 0.900. The predicted molar refractivity (Wildman–Crippen MR) is 77.0 cm³/mol. The van der Waals surface area contributed by atoms with Crippen LogP contribution in [0.15, 0.2) is 36.4 Å². The zero-order valence-electron chi connectivity index (χ0n) is 11.7. The Bertz CT molecular complexity index is 656. The van der Waals surface area contributed by atoms with Crippen molar-refractivity contribution in [2.24, 2.45) is 5.73 Å². The SMILES string of the molecule is N[C@@H](c1ccc2c(c1)OCO2)[C@@H](O)c1ccc2c(c1)OCO2. The molecule has 0 aromatic heterocycles. The molecular weight excluding hydrogens is 286 g/mol. The van der Waals surface area contributed by atoms with Crippen LogP contribution in [0, 0.1) is 0 Å². The number of benzene rings is 2. The molecule has 0 aliphatic carbocycles. The van der Waals surface area contributed by atoms with Crippen molar-refractivity contribution in [2.75, 3.05) is 13.6 Å². The fourth-order valence-electron chi connectivity index (χ4n) is 2.61. The van der Waals surface area contributed by atoms with E-state index < -0.39 is 12.1 Å². The van der Waals surface area contributed by atoms with E-state index in [2.05, 4.69) is 0 Å². The highest BCUT2D eigenvalue weighted by Crippen LogP contribution is 2.39. The predicted octanol–water partition coefficient (Wildman–Crippen LogP) is 1.88. The Kier molecular flexibility index (Phi) is 3.06. The second-order valence-corrected chi connectivity index (χ2v) is 5.20. The molecule has 2 heterocycles. The molecule has 0 radical (unpaired) electrons. The fourth-order valence-corrected chi connectivity index (χ4v) is 2.61. The third kappa shape index (κ3) is 2.13. The van der Waals surface area contributed by atoms with Crippen LogP contribution in [-0.2, 0) is 0 Å². The first kappa shape index (κ1) is 13.2. The Morgan fingerprint density at radius 2 is 1.27 bits per heavy atom. The number of fused-ring (bicyclic) bond motifs is 2. The summed E-state index contributed by atoms with van der Waals surface area (Å²) in [4.78, 5) is 0. The van der Waals surface area contributed by atoms with Crippen molar-refractivity contribution >= 4 is 0 Å². The first-order valence-corrected chi connectivity index (χ1v) is 6.95. The average Bonchev–Trinajstić information content (AvgIpc) is 3.20. The molecule has 22 heavy (non-hydrogen) atoms. The van der Waals surface area contributed by atoms with E-state index in [4.69, 9.17) is 24.7 Å². The van der Waals surface area contributed by atoms with Crippen LogP contribution >= 0.6 is 0 Å². The van der Waals surface area contributed by atoms with Crippen LogP contribution < -0.4 is 24.7 Å². The summed E-state index contributed by atoms with van der Waals surface area (Å²) in [7, 11) is 0. The molecule has 6 heteroatoms. The summed E-state index contributed by atoms with van der Waals surface area (Å²) in [6, 6.07) is 10.1. The van der Waals surface area contributed by atoms with Gasteiger partial charge in [-0.25, -0.2) is 0 Å². The first-order chi connectivity index (χ1) is 10.7. The maximum Gasteiger partial charge on any atom is 0.231 e. The molecule has 2 aliphatic rings. The van der Waals surface area contributed by atoms with Crippen molar-refractivity contribution in [3.8, 4) is 23.0 Å². The summed E-state index contributed by atoms with van der Waals surface area (Å²) in [5, 5.41) is 10.5. The lowest BCUT2D eigenvalue weighted by atomic mass is 9.96. The highest BCUT2D eigenvalue weighted by atomic mass is 16.7. The van der Waals surface area contributed by atoms with E-state index in [0.29, 0.717) is 28.6 Å². The summed E-state index contributed by atoms with van der Waals surface area (Å²) in [5.41, 5.74) is 7.64. The Morgan fingerprint density at radius 1 is 0.773 bits per heavy atom. The van der Waals surface area contributed by atoms with Gasteiger partial charge < -0.3 is 29.8 Å². The zero-order valence-corrected chi connectivity index (χ0v) is 11.7. The Hall–Kier alpha value is -2.44. The van der Waals surface area contributed by atoms with Crippen LogP contribution in [0.2, 0.25) is 0 Å². The second kappa shape index (κ2) is 5.08. The summed E-state index contributed by atoms with van der Waals surface area (Å²) in [6.07, 6.45) is -0.866. The molecule has 2 aliphatic heterocycles. The van der Waals surface area contributed by atoms with Crippen LogP contribution in [0.1, 0.15) is 23.3 Å². The number of aliphatic hydroxyl groups excluding tert-OH is 1. The van der Waals surface area contributed by atoms with Gasteiger partial charge in [-0.3, -0.25) is 0 Å². The van der Waals surface area contributed by atoms with Gasteiger partial charge >= 0.3 is 0 Å². The molecule has 4 rings (SSSR count). The highest BCUT2D eigenvalue weighted by molar-refractivity contribution is 5.47. The van der Waals surface area contributed by atoms with Crippen molar-refractivity contribution < 1.29 is 24.1 Å². The van der Waals surface area contributed by atoms with E-state index in [1.54, 1.807) is 30.3 Å².